The molecule has 9 heteroatoms. The van der Waals surface area contributed by atoms with Crippen molar-refractivity contribution in [2.24, 2.45) is 0 Å². The number of carbonyl (C=O) groups excluding carboxylic acids is 2. The standard InChI is InChI=1S/C24H22F3N3O3/c1-17(23(32)28-16-24(25,26)27)33-21(31)13-12-20-15-30(14-18-8-4-2-5-9-18)29-22(20)19-10-6-3-7-11-19/h2-13,15,17H,14,16H2,1H3,(H,28,32)/b13-12+. The van der Waals surface area contributed by atoms with Crippen LogP contribution in [0.1, 0.15) is 18.1 Å². The average Bonchev–Trinajstić information content (AvgIpc) is 3.19. The van der Waals surface area contributed by atoms with Crippen LogP contribution in [0.15, 0.2) is 72.9 Å². The van der Waals surface area contributed by atoms with Crippen LogP contribution in [0.2, 0.25) is 0 Å². The molecule has 3 aromatic rings. The van der Waals surface area contributed by atoms with Gasteiger partial charge in [-0.3, -0.25) is 9.48 Å². The van der Waals surface area contributed by atoms with Gasteiger partial charge in [0, 0.05) is 23.4 Å². The average molecular weight is 457 g/mol. The third-order valence-corrected chi connectivity index (χ3v) is 4.55. The van der Waals surface area contributed by atoms with E-state index < -0.39 is 30.7 Å². The quantitative estimate of drug-likeness (QED) is 0.406. The minimum absolute atomic E-state index is 0.523. The van der Waals surface area contributed by atoms with Gasteiger partial charge >= 0.3 is 12.1 Å². The molecular weight excluding hydrogens is 435 g/mol. The van der Waals surface area contributed by atoms with Crippen LogP contribution in [-0.4, -0.2) is 40.5 Å². The van der Waals surface area contributed by atoms with Gasteiger partial charge in [-0.15, -0.1) is 0 Å². The normalized spacial score (nSPS) is 12.5. The van der Waals surface area contributed by atoms with Crippen molar-refractivity contribution in [3.63, 3.8) is 0 Å². The fourth-order valence-electron chi connectivity index (χ4n) is 2.99. The van der Waals surface area contributed by atoms with Crippen molar-refractivity contribution in [1.29, 1.82) is 0 Å². The molecule has 2 aromatic carbocycles. The maximum atomic E-state index is 12.2. The number of nitrogens with zero attached hydrogens (tertiary/aromatic N) is 2. The van der Waals surface area contributed by atoms with Crippen molar-refractivity contribution in [3.05, 3.63) is 84.1 Å². The molecule has 3 rings (SSSR count). The first-order valence-electron chi connectivity index (χ1n) is 10.1. The van der Waals surface area contributed by atoms with Crippen LogP contribution in [0.25, 0.3) is 17.3 Å². The Hall–Kier alpha value is -3.88. The largest absolute Gasteiger partial charge is 0.449 e. The molecule has 0 radical (unpaired) electrons. The molecule has 0 aliphatic heterocycles. The first kappa shape index (κ1) is 23.8. The SMILES string of the molecule is CC(OC(=O)/C=C/c1cn(Cc2ccccc2)nc1-c1ccccc1)C(=O)NCC(F)(F)F. The number of ether oxygens (including phenoxy) is 1. The molecule has 0 bridgehead atoms. The molecule has 0 aliphatic rings. The molecular formula is C24H22F3N3O3. The third-order valence-electron chi connectivity index (χ3n) is 4.55. The van der Waals surface area contributed by atoms with Crippen molar-refractivity contribution in [1.82, 2.24) is 15.1 Å². The van der Waals surface area contributed by atoms with E-state index in [1.165, 1.54) is 13.0 Å². The molecule has 1 aromatic heterocycles. The minimum Gasteiger partial charge on any atom is -0.449 e. The summed E-state index contributed by atoms with van der Waals surface area (Å²) in [7, 11) is 0. The second kappa shape index (κ2) is 10.6. The van der Waals surface area contributed by atoms with E-state index in [1.54, 1.807) is 16.2 Å². The first-order chi connectivity index (χ1) is 15.7. The van der Waals surface area contributed by atoms with Gasteiger partial charge in [-0.2, -0.15) is 18.3 Å². The van der Waals surface area contributed by atoms with Gasteiger partial charge in [-0.05, 0) is 18.6 Å². The van der Waals surface area contributed by atoms with Gasteiger partial charge in [0.1, 0.15) is 6.54 Å². The Kier molecular flexibility index (Phi) is 7.66. The van der Waals surface area contributed by atoms with Crippen molar-refractivity contribution in [2.75, 3.05) is 6.54 Å². The molecule has 0 spiro atoms. The lowest BCUT2D eigenvalue weighted by Gasteiger charge is -2.13. The van der Waals surface area contributed by atoms with Crippen LogP contribution in [0.5, 0.6) is 0 Å². The van der Waals surface area contributed by atoms with E-state index in [-0.39, 0.29) is 0 Å². The molecule has 0 saturated heterocycles. The Morgan fingerprint density at radius 1 is 1.09 bits per heavy atom. The minimum atomic E-state index is -4.55. The summed E-state index contributed by atoms with van der Waals surface area (Å²) < 4.78 is 43.3. The summed E-state index contributed by atoms with van der Waals surface area (Å²) >= 11 is 0. The number of nitrogens with one attached hydrogen (secondary N) is 1. The van der Waals surface area contributed by atoms with Crippen LogP contribution >= 0.6 is 0 Å². The Balaban J connectivity index is 1.73. The lowest BCUT2D eigenvalue weighted by atomic mass is 10.1. The number of rotatable bonds is 8. The fraction of sp³-hybridized carbons (Fsp3) is 0.208. The molecule has 1 N–H and O–H groups in total. The Morgan fingerprint density at radius 2 is 1.73 bits per heavy atom. The fourth-order valence-corrected chi connectivity index (χ4v) is 2.99. The van der Waals surface area contributed by atoms with E-state index in [2.05, 4.69) is 5.10 Å². The van der Waals surface area contributed by atoms with E-state index in [4.69, 9.17) is 4.74 Å². The number of esters is 1. The van der Waals surface area contributed by atoms with Crippen LogP contribution in [0.4, 0.5) is 13.2 Å². The number of hydrogen-bond acceptors (Lipinski definition) is 4. The number of aromatic nitrogens is 2. The number of halogens is 3. The van der Waals surface area contributed by atoms with Gasteiger partial charge in [0.2, 0.25) is 0 Å². The number of benzene rings is 2. The molecule has 1 heterocycles. The van der Waals surface area contributed by atoms with Crippen molar-refractivity contribution < 1.29 is 27.5 Å². The van der Waals surface area contributed by atoms with Crippen LogP contribution in [0.3, 0.4) is 0 Å². The number of amides is 1. The second-order valence-electron chi connectivity index (χ2n) is 7.23. The lowest BCUT2D eigenvalue weighted by Crippen LogP contribution is -2.40. The maximum absolute atomic E-state index is 12.2. The van der Waals surface area contributed by atoms with Gasteiger partial charge in [0.05, 0.1) is 12.2 Å². The van der Waals surface area contributed by atoms with E-state index in [0.29, 0.717) is 17.8 Å². The van der Waals surface area contributed by atoms with Gasteiger partial charge in [0.25, 0.3) is 5.91 Å². The summed E-state index contributed by atoms with van der Waals surface area (Å²) in [6.07, 6.45) is -1.53. The molecule has 1 atom stereocenters. The first-order valence-corrected chi connectivity index (χ1v) is 10.1. The Labute approximate surface area is 188 Å². The predicted molar refractivity (Wildman–Crippen MR) is 117 cm³/mol. The highest BCUT2D eigenvalue weighted by Gasteiger charge is 2.29. The number of alkyl halides is 3. The molecule has 0 aliphatic carbocycles. The van der Waals surface area contributed by atoms with Crippen LogP contribution in [-0.2, 0) is 20.9 Å². The summed E-state index contributed by atoms with van der Waals surface area (Å²) in [6.45, 7) is 0.227. The van der Waals surface area contributed by atoms with Crippen molar-refractivity contribution >= 4 is 18.0 Å². The molecule has 33 heavy (non-hydrogen) atoms. The lowest BCUT2D eigenvalue weighted by molar-refractivity contribution is -0.154. The summed E-state index contributed by atoms with van der Waals surface area (Å²) in [6, 6.07) is 19.1. The summed E-state index contributed by atoms with van der Waals surface area (Å²) in [5, 5.41) is 6.31. The predicted octanol–water partition coefficient (Wildman–Crippen LogP) is 4.22. The summed E-state index contributed by atoms with van der Waals surface area (Å²) in [5.41, 5.74) is 3.18. The Bertz CT molecular complexity index is 1110. The summed E-state index contributed by atoms with van der Waals surface area (Å²) in [5.74, 6) is -1.89. The molecule has 0 fully saturated rings. The van der Waals surface area contributed by atoms with E-state index in [0.717, 1.165) is 17.2 Å². The van der Waals surface area contributed by atoms with E-state index in [9.17, 15) is 22.8 Å². The monoisotopic (exact) mass is 457 g/mol. The van der Waals surface area contributed by atoms with Crippen molar-refractivity contribution in [3.8, 4) is 11.3 Å². The highest BCUT2D eigenvalue weighted by molar-refractivity contribution is 5.91. The van der Waals surface area contributed by atoms with Crippen LogP contribution < -0.4 is 5.32 Å². The van der Waals surface area contributed by atoms with Gasteiger partial charge in [-0.1, -0.05) is 60.7 Å². The highest BCUT2D eigenvalue weighted by Crippen LogP contribution is 2.23. The third kappa shape index (κ3) is 7.34. The molecule has 1 unspecified atom stereocenters. The molecule has 172 valence electrons. The van der Waals surface area contributed by atoms with E-state index >= 15 is 0 Å². The molecule has 0 saturated carbocycles. The van der Waals surface area contributed by atoms with Gasteiger partial charge in [-0.25, -0.2) is 4.79 Å². The van der Waals surface area contributed by atoms with Crippen molar-refractivity contribution in [2.45, 2.75) is 25.7 Å². The second-order valence-corrected chi connectivity index (χ2v) is 7.23. The Morgan fingerprint density at radius 3 is 2.36 bits per heavy atom. The maximum Gasteiger partial charge on any atom is 0.405 e. The topological polar surface area (TPSA) is 73.2 Å². The number of hydrogen-bond donors (Lipinski definition) is 1. The zero-order valence-electron chi connectivity index (χ0n) is 17.8. The van der Waals surface area contributed by atoms with Crippen LogP contribution in [0, 0.1) is 0 Å². The molecule has 6 nitrogen and oxygen atoms in total. The summed E-state index contributed by atoms with van der Waals surface area (Å²) in [4.78, 5) is 23.8. The smallest absolute Gasteiger partial charge is 0.405 e. The zero-order valence-corrected chi connectivity index (χ0v) is 17.8. The van der Waals surface area contributed by atoms with E-state index in [1.807, 2.05) is 60.7 Å². The number of carbonyl (C=O) groups is 2. The highest BCUT2D eigenvalue weighted by atomic mass is 19.4. The molecule has 1 amide bonds. The van der Waals surface area contributed by atoms with Gasteiger partial charge in [0.15, 0.2) is 6.10 Å². The van der Waals surface area contributed by atoms with Gasteiger partial charge < -0.3 is 10.1 Å². The zero-order chi connectivity index (χ0) is 23.8.